The van der Waals surface area contributed by atoms with Crippen molar-refractivity contribution < 1.29 is 9.18 Å². The van der Waals surface area contributed by atoms with Gasteiger partial charge in [-0.2, -0.15) is 0 Å². The predicted octanol–water partition coefficient (Wildman–Crippen LogP) is 5.15. The summed E-state index contributed by atoms with van der Waals surface area (Å²) in [7, 11) is 0. The number of nitrogens with zero attached hydrogens (tertiary/aromatic N) is 2. The maximum absolute atomic E-state index is 14.7. The van der Waals surface area contributed by atoms with Crippen molar-refractivity contribution in [1.82, 2.24) is 14.7 Å². The standard InChI is InChI=1S/C25H26FN3O/c1-15-5-6-19(20(26)8-15)22-21-4-2-3-7-29(21)23(27-22)24(30)28-25-12-16-9-17(13-25)11-18(10-16)14-25/h2-8,16-18H,9-14H2,1H3,(H,28,30). The van der Waals surface area contributed by atoms with Gasteiger partial charge in [-0.05, 0) is 93.0 Å². The lowest BCUT2D eigenvalue weighted by Crippen LogP contribution is -2.60. The lowest BCUT2D eigenvalue weighted by molar-refractivity contribution is -0.0168. The molecule has 1 amide bonds. The SMILES string of the molecule is Cc1ccc(-c2nc(C(=O)NC34CC5CC(CC(C5)C3)C4)n3ccccc23)c(F)c1. The van der Waals surface area contributed by atoms with Crippen molar-refractivity contribution in [2.75, 3.05) is 0 Å². The number of carbonyl (C=O) groups is 1. The molecule has 0 radical (unpaired) electrons. The Hall–Kier alpha value is -2.69. The minimum atomic E-state index is -0.313. The van der Waals surface area contributed by atoms with Gasteiger partial charge in [0.2, 0.25) is 5.82 Å². The summed E-state index contributed by atoms with van der Waals surface area (Å²) in [6, 6.07) is 10.8. The number of halogens is 1. The molecule has 3 aromatic rings. The highest BCUT2D eigenvalue weighted by Gasteiger charge is 2.51. The molecule has 154 valence electrons. The molecular weight excluding hydrogens is 377 g/mol. The van der Waals surface area contributed by atoms with Gasteiger partial charge in [-0.1, -0.05) is 12.1 Å². The first kappa shape index (κ1) is 18.1. The number of hydrogen-bond acceptors (Lipinski definition) is 2. The van der Waals surface area contributed by atoms with Crippen LogP contribution >= 0.6 is 0 Å². The number of rotatable bonds is 3. The van der Waals surface area contributed by atoms with Gasteiger partial charge in [0.05, 0.1) is 11.2 Å². The van der Waals surface area contributed by atoms with E-state index < -0.39 is 0 Å². The van der Waals surface area contributed by atoms with Crippen LogP contribution in [0.2, 0.25) is 0 Å². The van der Waals surface area contributed by atoms with Crippen molar-refractivity contribution in [3.05, 3.63) is 59.8 Å². The molecule has 30 heavy (non-hydrogen) atoms. The molecule has 2 heterocycles. The zero-order valence-electron chi connectivity index (χ0n) is 17.2. The highest BCUT2D eigenvalue weighted by molar-refractivity contribution is 5.95. The summed E-state index contributed by atoms with van der Waals surface area (Å²) in [6.07, 6.45) is 9.11. The van der Waals surface area contributed by atoms with Crippen molar-refractivity contribution in [1.29, 1.82) is 0 Å². The van der Waals surface area contributed by atoms with Gasteiger partial charge in [-0.15, -0.1) is 0 Å². The van der Waals surface area contributed by atoms with Gasteiger partial charge in [-0.3, -0.25) is 9.20 Å². The quantitative estimate of drug-likeness (QED) is 0.658. The van der Waals surface area contributed by atoms with Crippen molar-refractivity contribution in [3.63, 3.8) is 0 Å². The number of benzene rings is 1. The van der Waals surface area contributed by atoms with Crippen LogP contribution in [-0.2, 0) is 0 Å². The monoisotopic (exact) mass is 403 g/mol. The van der Waals surface area contributed by atoms with Crippen LogP contribution in [0, 0.1) is 30.5 Å². The molecule has 1 N–H and O–H groups in total. The molecule has 5 heteroatoms. The van der Waals surface area contributed by atoms with Crippen molar-refractivity contribution in [2.24, 2.45) is 17.8 Å². The Morgan fingerprint density at radius 3 is 2.47 bits per heavy atom. The Morgan fingerprint density at radius 1 is 1.10 bits per heavy atom. The van der Waals surface area contributed by atoms with Crippen molar-refractivity contribution >= 4 is 11.4 Å². The average Bonchev–Trinajstić information content (AvgIpc) is 3.06. The van der Waals surface area contributed by atoms with E-state index in [9.17, 15) is 9.18 Å². The zero-order valence-corrected chi connectivity index (χ0v) is 17.2. The molecule has 0 saturated heterocycles. The molecule has 2 aromatic heterocycles. The van der Waals surface area contributed by atoms with Crippen LogP contribution in [0.25, 0.3) is 16.8 Å². The number of carbonyl (C=O) groups excluding carboxylic acids is 1. The van der Waals surface area contributed by atoms with Crippen molar-refractivity contribution in [2.45, 2.75) is 51.0 Å². The Morgan fingerprint density at radius 2 is 1.80 bits per heavy atom. The van der Waals surface area contributed by atoms with Gasteiger partial charge in [0.25, 0.3) is 5.91 Å². The zero-order chi connectivity index (χ0) is 20.5. The maximum Gasteiger partial charge on any atom is 0.288 e. The van der Waals surface area contributed by atoms with E-state index in [2.05, 4.69) is 10.3 Å². The van der Waals surface area contributed by atoms with Gasteiger partial charge >= 0.3 is 0 Å². The number of nitrogens with one attached hydrogen (secondary N) is 1. The smallest absolute Gasteiger partial charge is 0.288 e. The van der Waals surface area contributed by atoms with Gasteiger partial charge < -0.3 is 5.32 Å². The third-order valence-electron chi connectivity index (χ3n) is 7.55. The molecule has 4 aliphatic carbocycles. The van der Waals surface area contributed by atoms with Crippen LogP contribution in [-0.4, -0.2) is 20.8 Å². The maximum atomic E-state index is 14.7. The topological polar surface area (TPSA) is 46.4 Å². The number of fused-ring (bicyclic) bond motifs is 1. The van der Waals surface area contributed by atoms with Crippen LogP contribution in [0.15, 0.2) is 42.6 Å². The number of aromatic nitrogens is 2. The summed E-state index contributed by atoms with van der Waals surface area (Å²) < 4.78 is 16.5. The molecule has 0 atom stereocenters. The van der Waals surface area contributed by atoms with E-state index in [0.29, 0.717) is 17.1 Å². The van der Waals surface area contributed by atoms with Crippen molar-refractivity contribution in [3.8, 4) is 11.3 Å². The second-order valence-corrected chi connectivity index (χ2v) is 9.88. The molecule has 4 saturated carbocycles. The highest BCUT2D eigenvalue weighted by Crippen LogP contribution is 2.55. The second-order valence-electron chi connectivity index (χ2n) is 9.88. The van der Waals surface area contributed by atoms with Crippen LogP contribution in [0.1, 0.15) is 54.7 Å². The van der Waals surface area contributed by atoms with E-state index in [1.807, 2.05) is 37.4 Å². The van der Waals surface area contributed by atoms with E-state index in [0.717, 1.165) is 48.1 Å². The summed E-state index contributed by atoms with van der Waals surface area (Å²) in [4.78, 5) is 18.1. The van der Waals surface area contributed by atoms with E-state index in [1.165, 1.54) is 25.3 Å². The summed E-state index contributed by atoms with van der Waals surface area (Å²) in [5.74, 6) is 2.16. The van der Waals surface area contributed by atoms with Crippen LogP contribution in [0.3, 0.4) is 0 Å². The summed E-state index contributed by atoms with van der Waals surface area (Å²) in [6.45, 7) is 1.86. The second kappa shape index (κ2) is 6.40. The lowest BCUT2D eigenvalue weighted by atomic mass is 9.53. The Bertz CT molecular complexity index is 1130. The number of amides is 1. The minimum absolute atomic E-state index is 0.0816. The Labute approximate surface area is 175 Å². The first-order chi connectivity index (χ1) is 14.5. The van der Waals surface area contributed by atoms with Gasteiger partial charge in [-0.25, -0.2) is 9.37 Å². The van der Waals surface area contributed by atoms with E-state index in [-0.39, 0.29) is 17.3 Å². The number of aryl methyl sites for hydroxylation is 1. The Balaban J connectivity index is 1.39. The van der Waals surface area contributed by atoms with Gasteiger partial charge in [0, 0.05) is 17.3 Å². The third-order valence-corrected chi connectivity index (χ3v) is 7.55. The van der Waals surface area contributed by atoms with Gasteiger partial charge in [0.1, 0.15) is 5.82 Å². The van der Waals surface area contributed by atoms with E-state index in [4.69, 9.17) is 0 Å². The third kappa shape index (κ3) is 2.78. The lowest BCUT2D eigenvalue weighted by Gasteiger charge is -2.56. The minimum Gasteiger partial charge on any atom is -0.344 e. The highest BCUT2D eigenvalue weighted by atomic mass is 19.1. The fourth-order valence-electron chi connectivity index (χ4n) is 6.77. The Kier molecular flexibility index (Phi) is 3.86. The largest absolute Gasteiger partial charge is 0.344 e. The molecule has 1 aromatic carbocycles. The molecule has 4 nitrogen and oxygen atoms in total. The summed E-state index contributed by atoms with van der Waals surface area (Å²) in [5, 5.41) is 3.41. The van der Waals surface area contributed by atoms with E-state index >= 15 is 0 Å². The molecular formula is C25H26FN3O. The number of pyridine rings is 1. The van der Waals surface area contributed by atoms with Gasteiger partial charge in [0.15, 0.2) is 0 Å². The fraction of sp³-hybridized carbons (Fsp3) is 0.440. The molecule has 4 bridgehead atoms. The average molecular weight is 404 g/mol. The summed E-state index contributed by atoms with van der Waals surface area (Å²) >= 11 is 0. The van der Waals surface area contributed by atoms with Crippen LogP contribution < -0.4 is 5.32 Å². The fourth-order valence-corrected chi connectivity index (χ4v) is 6.77. The molecule has 0 aliphatic heterocycles. The normalized spacial score (nSPS) is 29.5. The molecule has 4 aliphatic rings. The number of imidazole rings is 1. The van der Waals surface area contributed by atoms with Crippen LogP contribution in [0.4, 0.5) is 4.39 Å². The van der Waals surface area contributed by atoms with E-state index in [1.54, 1.807) is 10.5 Å². The molecule has 4 fully saturated rings. The molecule has 0 spiro atoms. The first-order valence-corrected chi connectivity index (χ1v) is 11.1. The molecule has 7 rings (SSSR count). The van der Waals surface area contributed by atoms with Crippen LogP contribution in [0.5, 0.6) is 0 Å². The summed E-state index contributed by atoms with van der Waals surface area (Å²) in [5.41, 5.74) is 2.47. The number of hydrogen-bond donors (Lipinski definition) is 1. The first-order valence-electron chi connectivity index (χ1n) is 11.1. The predicted molar refractivity (Wildman–Crippen MR) is 114 cm³/mol. The molecule has 0 unspecified atom stereocenters.